The number of anilines is 2. The summed E-state index contributed by atoms with van der Waals surface area (Å²) in [6.07, 6.45) is 0. The van der Waals surface area contributed by atoms with E-state index in [4.69, 9.17) is 20.9 Å². The van der Waals surface area contributed by atoms with E-state index in [1.165, 1.54) is 12.1 Å². The van der Waals surface area contributed by atoms with Crippen LogP contribution in [0.4, 0.5) is 11.4 Å². The minimum atomic E-state index is 0.0143. The molecule has 3 aromatic rings. The van der Waals surface area contributed by atoms with Gasteiger partial charge in [-0.15, -0.1) is 0 Å². The molecule has 0 heterocycles. The molecular weight excluding hydrogens is 320 g/mol. The average molecular weight is 338 g/mol. The van der Waals surface area contributed by atoms with Crippen LogP contribution < -0.4 is 20.9 Å². The Balaban J connectivity index is 1.78. The van der Waals surface area contributed by atoms with Crippen molar-refractivity contribution < 1.29 is 19.7 Å². The van der Waals surface area contributed by atoms with Gasteiger partial charge in [-0.25, -0.2) is 0 Å². The highest BCUT2D eigenvalue weighted by Crippen LogP contribution is 2.34. The Labute approximate surface area is 144 Å². The summed E-state index contributed by atoms with van der Waals surface area (Å²) >= 11 is 0. The smallest absolute Gasteiger partial charge is 0.138 e. The maximum absolute atomic E-state index is 9.46. The predicted molar refractivity (Wildman–Crippen MR) is 96.4 cm³/mol. The zero-order chi connectivity index (χ0) is 18.0. The van der Waals surface area contributed by atoms with E-state index < -0.39 is 0 Å². The maximum atomic E-state index is 9.46. The average Bonchev–Trinajstić information content (AvgIpc) is 2.57. The summed E-state index contributed by atoms with van der Waals surface area (Å²) in [5.41, 5.74) is 12.7. The van der Waals surface area contributed by atoms with Crippen molar-refractivity contribution in [1.82, 2.24) is 0 Å². The zero-order valence-electron chi connectivity index (χ0n) is 13.6. The largest absolute Gasteiger partial charge is 0.506 e. The SMILES string of the molecule is Cc1cc(Oc2ccc(O)c(N)c2)ccc1Oc1ccc(O)c(N)c1. The van der Waals surface area contributed by atoms with Gasteiger partial charge in [0.1, 0.15) is 34.5 Å². The van der Waals surface area contributed by atoms with Crippen molar-refractivity contribution in [2.75, 3.05) is 11.5 Å². The second kappa shape index (κ2) is 6.52. The Kier molecular flexibility index (Phi) is 4.26. The van der Waals surface area contributed by atoms with Crippen LogP contribution in [0.15, 0.2) is 54.6 Å². The molecule has 0 aliphatic rings. The monoisotopic (exact) mass is 338 g/mol. The van der Waals surface area contributed by atoms with Crippen LogP contribution in [0.2, 0.25) is 0 Å². The van der Waals surface area contributed by atoms with E-state index in [0.717, 1.165) is 5.56 Å². The summed E-state index contributed by atoms with van der Waals surface area (Å²) in [4.78, 5) is 0. The summed E-state index contributed by atoms with van der Waals surface area (Å²) in [6.45, 7) is 1.89. The molecule has 0 amide bonds. The molecule has 0 saturated heterocycles. The van der Waals surface area contributed by atoms with Crippen LogP contribution in [0.5, 0.6) is 34.5 Å². The molecule has 128 valence electrons. The van der Waals surface area contributed by atoms with Gasteiger partial charge in [-0.1, -0.05) is 0 Å². The number of nitrogens with two attached hydrogens (primary N) is 2. The van der Waals surface area contributed by atoms with E-state index in [1.54, 1.807) is 36.4 Å². The second-order valence-electron chi connectivity index (χ2n) is 5.57. The third-order valence-corrected chi connectivity index (χ3v) is 3.61. The molecule has 6 nitrogen and oxygen atoms in total. The molecule has 0 radical (unpaired) electrons. The lowest BCUT2D eigenvalue weighted by Crippen LogP contribution is -1.92. The van der Waals surface area contributed by atoms with Crippen molar-refractivity contribution in [2.24, 2.45) is 0 Å². The first-order valence-electron chi connectivity index (χ1n) is 7.56. The van der Waals surface area contributed by atoms with Crippen molar-refractivity contribution in [3.8, 4) is 34.5 Å². The third kappa shape index (κ3) is 3.69. The highest BCUT2D eigenvalue weighted by atomic mass is 16.5. The number of phenolic OH excluding ortho intramolecular Hbond substituents is 2. The fourth-order valence-electron chi connectivity index (χ4n) is 2.26. The van der Waals surface area contributed by atoms with Crippen LogP contribution in [0.1, 0.15) is 5.56 Å². The predicted octanol–water partition coefficient (Wildman–Crippen LogP) is 4.16. The van der Waals surface area contributed by atoms with E-state index in [-0.39, 0.29) is 22.9 Å². The first-order valence-corrected chi connectivity index (χ1v) is 7.56. The standard InChI is InChI=1S/C19H18N2O4/c1-11-8-12(24-13-2-5-17(22)15(20)9-13)4-7-19(11)25-14-3-6-18(23)16(21)10-14/h2-10,22-23H,20-21H2,1H3. The van der Waals surface area contributed by atoms with Gasteiger partial charge in [-0.3, -0.25) is 0 Å². The molecule has 0 aliphatic heterocycles. The van der Waals surface area contributed by atoms with Gasteiger partial charge < -0.3 is 31.2 Å². The van der Waals surface area contributed by atoms with E-state index in [9.17, 15) is 10.2 Å². The number of hydrogen-bond acceptors (Lipinski definition) is 6. The van der Waals surface area contributed by atoms with E-state index >= 15 is 0 Å². The number of nitrogen functional groups attached to an aromatic ring is 2. The molecule has 0 spiro atoms. The Morgan fingerprint density at radius 2 is 1.16 bits per heavy atom. The van der Waals surface area contributed by atoms with Crippen molar-refractivity contribution >= 4 is 11.4 Å². The number of benzene rings is 3. The van der Waals surface area contributed by atoms with E-state index in [2.05, 4.69) is 0 Å². The highest BCUT2D eigenvalue weighted by molar-refractivity contribution is 5.57. The first kappa shape index (κ1) is 16.3. The van der Waals surface area contributed by atoms with E-state index in [1.807, 2.05) is 13.0 Å². The molecule has 0 bridgehead atoms. The maximum Gasteiger partial charge on any atom is 0.138 e. The molecule has 0 aromatic heterocycles. The molecule has 25 heavy (non-hydrogen) atoms. The first-order chi connectivity index (χ1) is 11.9. The molecule has 0 fully saturated rings. The van der Waals surface area contributed by atoms with Gasteiger partial charge in [-0.2, -0.15) is 0 Å². The van der Waals surface area contributed by atoms with Gasteiger partial charge in [0.15, 0.2) is 0 Å². The number of ether oxygens (including phenoxy) is 2. The summed E-state index contributed by atoms with van der Waals surface area (Å²) in [6, 6.07) is 14.7. The Morgan fingerprint density at radius 3 is 1.68 bits per heavy atom. The highest BCUT2D eigenvalue weighted by Gasteiger charge is 2.07. The summed E-state index contributed by atoms with van der Waals surface area (Å²) in [5.74, 6) is 2.33. The van der Waals surface area contributed by atoms with Gasteiger partial charge >= 0.3 is 0 Å². The van der Waals surface area contributed by atoms with Crippen molar-refractivity contribution in [2.45, 2.75) is 6.92 Å². The number of aromatic hydroxyl groups is 2. The molecule has 6 heteroatoms. The topological polar surface area (TPSA) is 111 Å². The number of hydrogen-bond donors (Lipinski definition) is 4. The van der Waals surface area contributed by atoms with Gasteiger partial charge in [-0.05, 0) is 55.0 Å². The van der Waals surface area contributed by atoms with Crippen LogP contribution in [0.3, 0.4) is 0 Å². The van der Waals surface area contributed by atoms with Gasteiger partial charge in [0.25, 0.3) is 0 Å². The van der Waals surface area contributed by atoms with Crippen molar-refractivity contribution in [3.05, 3.63) is 60.2 Å². The van der Waals surface area contributed by atoms with Crippen LogP contribution in [0, 0.1) is 6.92 Å². The minimum Gasteiger partial charge on any atom is -0.506 e. The third-order valence-electron chi connectivity index (χ3n) is 3.61. The number of rotatable bonds is 4. The minimum absolute atomic E-state index is 0.0143. The molecule has 0 aliphatic carbocycles. The summed E-state index contributed by atoms with van der Waals surface area (Å²) in [5, 5.41) is 18.9. The van der Waals surface area contributed by atoms with Gasteiger partial charge in [0.05, 0.1) is 11.4 Å². The summed E-state index contributed by atoms with van der Waals surface area (Å²) in [7, 11) is 0. The van der Waals surface area contributed by atoms with Crippen LogP contribution >= 0.6 is 0 Å². The lowest BCUT2D eigenvalue weighted by atomic mass is 10.2. The molecule has 3 rings (SSSR count). The van der Waals surface area contributed by atoms with Crippen LogP contribution in [0.25, 0.3) is 0 Å². The van der Waals surface area contributed by atoms with E-state index in [0.29, 0.717) is 23.0 Å². The number of phenols is 2. The molecule has 0 unspecified atom stereocenters. The van der Waals surface area contributed by atoms with Crippen molar-refractivity contribution in [1.29, 1.82) is 0 Å². The normalized spacial score (nSPS) is 10.4. The lowest BCUT2D eigenvalue weighted by molar-refractivity contribution is 0.458. The Morgan fingerprint density at radius 1 is 0.680 bits per heavy atom. The molecular formula is C19H18N2O4. The Hall–Kier alpha value is -3.54. The molecule has 0 atom stereocenters. The van der Waals surface area contributed by atoms with Gasteiger partial charge in [0, 0.05) is 12.1 Å². The fourth-order valence-corrected chi connectivity index (χ4v) is 2.26. The molecule has 6 N–H and O–H groups in total. The second-order valence-corrected chi connectivity index (χ2v) is 5.57. The number of aryl methyl sites for hydroxylation is 1. The van der Waals surface area contributed by atoms with Crippen molar-refractivity contribution in [3.63, 3.8) is 0 Å². The quantitative estimate of drug-likeness (QED) is 0.420. The lowest BCUT2D eigenvalue weighted by Gasteiger charge is -2.12. The molecule has 0 saturated carbocycles. The van der Waals surface area contributed by atoms with Crippen LogP contribution in [-0.2, 0) is 0 Å². The van der Waals surface area contributed by atoms with Gasteiger partial charge in [0.2, 0.25) is 0 Å². The van der Waals surface area contributed by atoms with Crippen LogP contribution in [-0.4, -0.2) is 10.2 Å². The zero-order valence-corrected chi connectivity index (χ0v) is 13.6. The Bertz CT molecular complexity index is 925. The molecule has 3 aromatic carbocycles. The summed E-state index contributed by atoms with van der Waals surface area (Å²) < 4.78 is 11.5. The fraction of sp³-hybridized carbons (Fsp3) is 0.0526.